The molecule has 114 valence electrons. The lowest BCUT2D eigenvalue weighted by Gasteiger charge is -2.40. The van der Waals surface area contributed by atoms with E-state index in [1.807, 2.05) is 4.90 Å². The predicted molar refractivity (Wildman–Crippen MR) is 77.1 cm³/mol. The summed E-state index contributed by atoms with van der Waals surface area (Å²) in [6, 6.07) is 0. The molecule has 2 atom stereocenters. The number of hydrogen-bond donors (Lipinski definition) is 1. The minimum Gasteiger partial charge on any atom is -0.341 e. The van der Waals surface area contributed by atoms with Crippen molar-refractivity contribution in [2.45, 2.75) is 32.1 Å². The molecule has 0 aromatic rings. The summed E-state index contributed by atoms with van der Waals surface area (Å²) in [5, 5.41) is 3.39. The van der Waals surface area contributed by atoms with Crippen LogP contribution >= 0.6 is 0 Å². The summed E-state index contributed by atoms with van der Waals surface area (Å²) in [4.78, 5) is 14.8. The summed E-state index contributed by atoms with van der Waals surface area (Å²) in [6.45, 7) is 2.71. The SMILES string of the molecule is O=C(N1CCCS(=O)(=O)CC1)[C@@]12CCCC[C@H]1CNC2. The van der Waals surface area contributed by atoms with E-state index >= 15 is 0 Å². The molecule has 0 aromatic carbocycles. The number of carbonyl (C=O) groups excluding carboxylic acids is 1. The zero-order valence-corrected chi connectivity index (χ0v) is 12.8. The highest BCUT2D eigenvalue weighted by Crippen LogP contribution is 2.45. The predicted octanol–water partition coefficient (Wildman–Crippen LogP) is 0.413. The van der Waals surface area contributed by atoms with Gasteiger partial charge < -0.3 is 10.2 Å². The molecule has 1 N–H and O–H groups in total. The van der Waals surface area contributed by atoms with Gasteiger partial charge in [-0.05, 0) is 31.7 Å². The van der Waals surface area contributed by atoms with E-state index in [0.717, 1.165) is 32.4 Å². The first-order valence-electron chi connectivity index (χ1n) is 7.74. The highest BCUT2D eigenvalue weighted by molar-refractivity contribution is 7.91. The van der Waals surface area contributed by atoms with Crippen LogP contribution in [-0.2, 0) is 14.6 Å². The maximum Gasteiger partial charge on any atom is 0.230 e. The topological polar surface area (TPSA) is 66.5 Å². The molecule has 1 amide bonds. The first-order valence-corrected chi connectivity index (χ1v) is 9.56. The molecule has 2 saturated heterocycles. The number of amides is 1. The van der Waals surface area contributed by atoms with E-state index in [0.29, 0.717) is 25.4 Å². The van der Waals surface area contributed by atoms with E-state index in [1.54, 1.807) is 0 Å². The first kappa shape index (κ1) is 14.3. The van der Waals surface area contributed by atoms with Gasteiger partial charge in [0.15, 0.2) is 9.84 Å². The first-order chi connectivity index (χ1) is 9.54. The van der Waals surface area contributed by atoms with Gasteiger partial charge in [-0.3, -0.25) is 4.79 Å². The molecule has 2 aliphatic heterocycles. The quantitative estimate of drug-likeness (QED) is 0.762. The Morgan fingerprint density at radius 1 is 1.15 bits per heavy atom. The van der Waals surface area contributed by atoms with E-state index in [-0.39, 0.29) is 22.8 Å². The normalized spacial score (nSPS) is 37.2. The number of carbonyl (C=O) groups is 1. The highest BCUT2D eigenvalue weighted by atomic mass is 32.2. The van der Waals surface area contributed by atoms with Crippen LogP contribution in [0.1, 0.15) is 32.1 Å². The third kappa shape index (κ3) is 2.48. The molecular weight excluding hydrogens is 276 g/mol. The van der Waals surface area contributed by atoms with Gasteiger partial charge >= 0.3 is 0 Å². The number of sulfone groups is 1. The zero-order valence-electron chi connectivity index (χ0n) is 11.9. The standard InChI is InChI=1S/C14H24N2O3S/c17-13(16-6-3-8-20(18,19)9-7-16)14-5-2-1-4-12(14)10-15-11-14/h12,15H,1-11H2/t12-,14+/m0/s1. The lowest BCUT2D eigenvalue weighted by Crippen LogP contribution is -2.50. The Bertz CT molecular complexity index is 491. The van der Waals surface area contributed by atoms with Crippen molar-refractivity contribution in [1.82, 2.24) is 10.2 Å². The van der Waals surface area contributed by atoms with Gasteiger partial charge in [-0.1, -0.05) is 12.8 Å². The number of rotatable bonds is 1. The highest BCUT2D eigenvalue weighted by Gasteiger charge is 2.51. The Balaban J connectivity index is 1.77. The van der Waals surface area contributed by atoms with Gasteiger partial charge in [0.05, 0.1) is 16.9 Å². The third-order valence-electron chi connectivity index (χ3n) is 5.31. The van der Waals surface area contributed by atoms with Crippen molar-refractivity contribution < 1.29 is 13.2 Å². The van der Waals surface area contributed by atoms with Gasteiger partial charge in [0.2, 0.25) is 5.91 Å². The van der Waals surface area contributed by atoms with Crippen LogP contribution in [0.5, 0.6) is 0 Å². The maximum atomic E-state index is 13.0. The second kappa shape index (κ2) is 5.30. The molecule has 20 heavy (non-hydrogen) atoms. The molecule has 3 fully saturated rings. The molecule has 0 bridgehead atoms. The fourth-order valence-corrected chi connectivity index (χ4v) is 5.40. The van der Waals surface area contributed by atoms with Gasteiger partial charge in [-0.15, -0.1) is 0 Å². The second-order valence-corrected chi connectivity index (χ2v) is 8.83. The van der Waals surface area contributed by atoms with E-state index in [2.05, 4.69) is 5.32 Å². The molecule has 1 saturated carbocycles. The van der Waals surface area contributed by atoms with Crippen molar-refractivity contribution in [2.75, 3.05) is 37.7 Å². The fourth-order valence-electron chi connectivity index (χ4n) is 4.12. The minimum absolute atomic E-state index is 0.132. The monoisotopic (exact) mass is 300 g/mol. The van der Waals surface area contributed by atoms with Crippen LogP contribution in [0.15, 0.2) is 0 Å². The summed E-state index contributed by atoms with van der Waals surface area (Å²) in [5.41, 5.74) is -0.244. The Labute approximate surface area is 121 Å². The van der Waals surface area contributed by atoms with Crippen molar-refractivity contribution in [2.24, 2.45) is 11.3 Å². The molecule has 3 aliphatic rings. The van der Waals surface area contributed by atoms with Crippen LogP contribution in [0.25, 0.3) is 0 Å². The molecule has 1 aliphatic carbocycles. The van der Waals surface area contributed by atoms with Crippen molar-refractivity contribution in [3.8, 4) is 0 Å². The van der Waals surface area contributed by atoms with Crippen LogP contribution in [0.4, 0.5) is 0 Å². The summed E-state index contributed by atoms with van der Waals surface area (Å²) < 4.78 is 23.4. The average molecular weight is 300 g/mol. The van der Waals surface area contributed by atoms with Gasteiger partial charge in [0.25, 0.3) is 0 Å². The fraction of sp³-hybridized carbons (Fsp3) is 0.929. The van der Waals surface area contributed by atoms with Gasteiger partial charge in [0.1, 0.15) is 0 Å². The molecular formula is C14H24N2O3S. The zero-order chi connectivity index (χ0) is 14.2. The molecule has 5 nitrogen and oxygen atoms in total. The van der Waals surface area contributed by atoms with Crippen molar-refractivity contribution in [1.29, 1.82) is 0 Å². The molecule has 0 aromatic heterocycles. The molecule has 0 unspecified atom stereocenters. The summed E-state index contributed by atoms with van der Waals surface area (Å²) in [6.07, 6.45) is 5.02. The number of nitrogens with zero attached hydrogens (tertiary/aromatic N) is 1. The van der Waals surface area contributed by atoms with E-state index in [4.69, 9.17) is 0 Å². The van der Waals surface area contributed by atoms with Gasteiger partial charge in [-0.25, -0.2) is 8.42 Å². The third-order valence-corrected chi connectivity index (χ3v) is 7.02. The van der Waals surface area contributed by atoms with Crippen LogP contribution in [-0.4, -0.2) is 56.9 Å². The lowest BCUT2D eigenvalue weighted by molar-refractivity contribution is -0.145. The Morgan fingerprint density at radius 2 is 2.00 bits per heavy atom. The molecule has 0 radical (unpaired) electrons. The van der Waals surface area contributed by atoms with E-state index in [9.17, 15) is 13.2 Å². The molecule has 3 rings (SSSR count). The Hall–Kier alpha value is -0.620. The van der Waals surface area contributed by atoms with Crippen LogP contribution in [0, 0.1) is 11.3 Å². The average Bonchev–Trinajstić information content (AvgIpc) is 2.78. The smallest absolute Gasteiger partial charge is 0.230 e. The number of hydrogen-bond acceptors (Lipinski definition) is 4. The maximum absolute atomic E-state index is 13.0. The largest absolute Gasteiger partial charge is 0.341 e. The van der Waals surface area contributed by atoms with Crippen molar-refractivity contribution in [3.63, 3.8) is 0 Å². The van der Waals surface area contributed by atoms with E-state index in [1.165, 1.54) is 6.42 Å². The van der Waals surface area contributed by atoms with E-state index < -0.39 is 9.84 Å². The van der Waals surface area contributed by atoms with Crippen LogP contribution in [0.3, 0.4) is 0 Å². The summed E-state index contributed by atoms with van der Waals surface area (Å²) >= 11 is 0. The Kier molecular flexibility index (Phi) is 3.79. The van der Waals surface area contributed by atoms with Crippen molar-refractivity contribution in [3.05, 3.63) is 0 Å². The summed E-state index contributed by atoms with van der Waals surface area (Å²) in [7, 11) is -2.95. The molecule has 2 heterocycles. The van der Waals surface area contributed by atoms with Gasteiger partial charge in [-0.2, -0.15) is 0 Å². The van der Waals surface area contributed by atoms with Crippen molar-refractivity contribution >= 4 is 15.7 Å². The Morgan fingerprint density at radius 3 is 2.85 bits per heavy atom. The summed E-state index contributed by atoms with van der Waals surface area (Å²) in [5.74, 6) is 1.02. The molecule has 6 heteroatoms. The number of fused-ring (bicyclic) bond motifs is 1. The van der Waals surface area contributed by atoms with Crippen LogP contribution in [0.2, 0.25) is 0 Å². The lowest BCUT2D eigenvalue weighted by atomic mass is 9.67. The number of nitrogens with one attached hydrogen (secondary N) is 1. The minimum atomic E-state index is -2.95. The second-order valence-electron chi connectivity index (χ2n) is 6.53. The molecule has 0 spiro atoms. The van der Waals surface area contributed by atoms with Crippen LogP contribution < -0.4 is 5.32 Å². The van der Waals surface area contributed by atoms with Gasteiger partial charge in [0, 0.05) is 19.6 Å².